The maximum Gasteiger partial charge on any atom is 0.0327 e. The Hall–Kier alpha value is -2.36. The summed E-state index contributed by atoms with van der Waals surface area (Å²) in [6.45, 7) is 35.9. The quantitative estimate of drug-likeness (QED) is 0.260. The van der Waals surface area contributed by atoms with E-state index < -0.39 is 0 Å². The molecule has 3 heteroatoms. The summed E-state index contributed by atoms with van der Waals surface area (Å²) in [6, 6.07) is 9.04. The molecule has 0 unspecified atom stereocenters. The van der Waals surface area contributed by atoms with Crippen LogP contribution in [0.5, 0.6) is 0 Å². The van der Waals surface area contributed by atoms with Gasteiger partial charge in [-0.1, -0.05) is 142 Å². The zero-order valence-electron chi connectivity index (χ0n) is 29.0. The number of nitrogens with two attached hydrogens (primary N) is 2. The zero-order chi connectivity index (χ0) is 32.4. The first-order valence-corrected chi connectivity index (χ1v) is 15.7. The molecule has 3 nitrogen and oxygen atoms in total. The smallest absolute Gasteiger partial charge is 0.0327 e. The lowest BCUT2D eigenvalue weighted by molar-refractivity contribution is 0.429. The highest BCUT2D eigenvalue weighted by Gasteiger charge is 2.19. The van der Waals surface area contributed by atoms with Gasteiger partial charge < -0.3 is 16.8 Å². The SMILES string of the molecule is C=C(C)Cc1ccccc1C(=C)C1CCCCC1.C=C(CC)C(C)(C)C.C=C(CC)NC/C=C\C.CC(C)N.CN. The molecule has 41 heavy (non-hydrogen) atoms. The molecule has 2 rings (SSSR count). The zero-order valence-corrected chi connectivity index (χ0v) is 29.0. The van der Waals surface area contributed by atoms with Crippen LogP contribution in [-0.4, -0.2) is 19.6 Å². The van der Waals surface area contributed by atoms with Crippen molar-refractivity contribution in [1.82, 2.24) is 5.32 Å². The Labute approximate surface area is 257 Å². The lowest BCUT2D eigenvalue weighted by Crippen LogP contribution is -2.10. The van der Waals surface area contributed by atoms with Crippen molar-refractivity contribution < 1.29 is 0 Å². The third-order valence-electron chi connectivity index (χ3n) is 6.57. The van der Waals surface area contributed by atoms with Gasteiger partial charge in [0.25, 0.3) is 0 Å². The topological polar surface area (TPSA) is 64.1 Å². The second-order valence-corrected chi connectivity index (χ2v) is 12.0. The van der Waals surface area contributed by atoms with Crippen molar-refractivity contribution in [2.45, 2.75) is 120 Å². The van der Waals surface area contributed by atoms with Gasteiger partial charge in [0.15, 0.2) is 0 Å². The molecule has 0 radical (unpaired) electrons. The second kappa shape index (κ2) is 26.5. The molecule has 1 saturated carbocycles. The van der Waals surface area contributed by atoms with Crippen LogP contribution in [0.25, 0.3) is 5.57 Å². The van der Waals surface area contributed by atoms with Crippen molar-refractivity contribution in [1.29, 1.82) is 0 Å². The Balaban J connectivity index is -0.000000530. The normalized spacial score (nSPS) is 12.7. The second-order valence-electron chi connectivity index (χ2n) is 12.0. The maximum atomic E-state index is 5.11. The van der Waals surface area contributed by atoms with E-state index in [-0.39, 0.29) is 0 Å². The Kier molecular flexibility index (Phi) is 27.9. The Morgan fingerprint density at radius 1 is 0.976 bits per heavy atom. The maximum absolute atomic E-state index is 5.11. The van der Waals surface area contributed by atoms with Crippen LogP contribution in [0.15, 0.2) is 79.6 Å². The number of hydrogen-bond donors (Lipinski definition) is 3. The van der Waals surface area contributed by atoms with E-state index in [0.717, 1.165) is 31.5 Å². The summed E-state index contributed by atoms with van der Waals surface area (Å²) in [7, 11) is 1.50. The van der Waals surface area contributed by atoms with Crippen molar-refractivity contribution in [3.8, 4) is 0 Å². The minimum absolute atomic E-state index is 0.314. The molecule has 0 aromatic heterocycles. The summed E-state index contributed by atoms with van der Waals surface area (Å²) >= 11 is 0. The van der Waals surface area contributed by atoms with E-state index in [1.165, 1.54) is 67.0 Å². The molecule has 0 aliphatic heterocycles. The molecule has 236 valence electrons. The lowest BCUT2D eigenvalue weighted by atomic mass is 9.80. The van der Waals surface area contributed by atoms with E-state index in [4.69, 9.17) is 5.73 Å². The monoisotopic (exact) mass is 568 g/mol. The van der Waals surface area contributed by atoms with E-state index in [0.29, 0.717) is 17.4 Å². The van der Waals surface area contributed by atoms with E-state index in [9.17, 15) is 0 Å². The molecule has 1 aliphatic rings. The van der Waals surface area contributed by atoms with Crippen LogP contribution in [-0.2, 0) is 6.42 Å². The van der Waals surface area contributed by atoms with Crippen molar-refractivity contribution in [3.05, 3.63) is 90.7 Å². The first-order chi connectivity index (χ1) is 19.2. The molecule has 1 aromatic rings. The van der Waals surface area contributed by atoms with Gasteiger partial charge in [-0.25, -0.2) is 0 Å². The standard InChI is InChI=1S/C18H24.C8H15N.C8H16.C3H9N.CH5N/c1-14(2)13-17-11-7-8-12-18(17)15(3)16-9-5-4-6-10-16;1-4-6-7-9-8(3)5-2;1-6-7(2)8(3,4)5;1-3(2)4;1-2/h7-8,11-12,16H,1,3-6,9-10,13H2,2H3;4,6,9H,3,5,7H2,1-2H3;2,6H2,1,3-5H3;3H,4H2,1-2H3;2H2,1H3/b;6-4-;;;. The lowest BCUT2D eigenvalue weighted by Gasteiger charge is -2.25. The first kappa shape index (κ1) is 43.1. The van der Waals surface area contributed by atoms with E-state index in [2.05, 4.69) is 109 Å². The first-order valence-electron chi connectivity index (χ1n) is 15.7. The molecule has 0 amide bonds. The van der Waals surface area contributed by atoms with Crippen LogP contribution < -0.4 is 16.8 Å². The van der Waals surface area contributed by atoms with Gasteiger partial charge in [-0.05, 0) is 87.1 Å². The predicted octanol–water partition coefficient (Wildman–Crippen LogP) is 10.4. The molecule has 0 heterocycles. The predicted molar refractivity (Wildman–Crippen MR) is 191 cm³/mol. The van der Waals surface area contributed by atoms with Gasteiger partial charge in [0.05, 0.1) is 0 Å². The summed E-state index contributed by atoms with van der Waals surface area (Å²) in [5, 5.41) is 3.15. The van der Waals surface area contributed by atoms with Crippen LogP contribution in [0.2, 0.25) is 0 Å². The molecule has 1 fully saturated rings. The molecule has 5 N–H and O–H groups in total. The summed E-state index contributed by atoms with van der Waals surface area (Å²) in [6.07, 6.45) is 14.0. The van der Waals surface area contributed by atoms with Crippen LogP contribution in [0.4, 0.5) is 0 Å². The molecular formula is C38H69N3. The third-order valence-corrected chi connectivity index (χ3v) is 6.57. The average Bonchev–Trinajstić information content (AvgIpc) is 2.93. The van der Waals surface area contributed by atoms with Gasteiger partial charge in [0.2, 0.25) is 0 Å². The van der Waals surface area contributed by atoms with Crippen molar-refractivity contribution in [2.75, 3.05) is 13.6 Å². The number of benzene rings is 1. The van der Waals surface area contributed by atoms with Gasteiger partial charge in [-0.2, -0.15) is 0 Å². The number of rotatable bonds is 9. The molecular weight excluding hydrogens is 498 g/mol. The Morgan fingerprint density at radius 3 is 1.88 bits per heavy atom. The highest BCUT2D eigenvalue weighted by molar-refractivity contribution is 5.68. The van der Waals surface area contributed by atoms with Gasteiger partial charge in [0, 0.05) is 12.2 Å². The highest BCUT2D eigenvalue weighted by Crippen LogP contribution is 2.35. The minimum atomic E-state index is 0.314. The fourth-order valence-electron chi connectivity index (χ4n) is 3.96. The molecule has 1 aliphatic carbocycles. The van der Waals surface area contributed by atoms with Crippen molar-refractivity contribution >= 4 is 5.57 Å². The Morgan fingerprint density at radius 2 is 1.49 bits per heavy atom. The minimum Gasteiger partial charge on any atom is -0.385 e. The van der Waals surface area contributed by atoms with Crippen LogP contribution in [0, 0.1) is 11.3 Å². The summed E-state index contributed by atoms with van der Waals surface area (Å²) in [4.78, 5) is 0. The molecule has 0 saturated heterocycles. The summed E-state index contributed by atoms with van der Waals surface area (Å²) < 4.78 is 0. The molecule has 0 spiro atoms. The average molecular weight is 568 g/mol. The van der Waals surface area contributed by atoms with Crippen molar-refractivity contribution in [2.24, 2.45) is 22.8 Å². The Bertz CT molecular complexity index is 859. The van der Waals surface area contributed by atoms with Gasteiger partial charge >= 0.3 is 0 Å². The van der Waals surface area contributed by atoms with Gasteiger partial charge in [-0.3, -0.25) is 0 Å². The van der Waals surface area contributed by atoms with E-state index in [1.54, 1.807) is 0 Å². The van der Waals surface area contributed by atoms with E-state index in [1.807, 2.05) is 26.8 Å². The van der Waals surface area contributed by atoms with Gasteiger partial charge in [-0.15, -0.1) is 0 Å². The largest absolute Gasteiger partial charge is 0.385 e. The molecule has 1 aromatic carbocycles. The fraction of sp³-hybridized carbons (Fsp3) is 0.579. The number of hydrogen-bond acceptors (Lipinski definition) is 3. The molecule has 0 atom stereocenters. The summed E-state index contributed by atoms with van der Waals surface area (Å²) in [5.41, 5.74) is 17.7. The van der Waals surface area contributed by atoms with Crippen molar-refractivity contribution in [3.63, 3.8) is 0 Å². The third kappa shape index (κ3) is 25.1. The van der Waals surface area contributed by atoms with E-state index >= 15 is 0 Å². The number of allylic oxidation sites excluding steroid dienone is 5. The highest BCUT2D eigenvalue weighted by atomic mass is 14.9. The summed E-state index contributed by atoms with van der Waals surface area (Å²) in [5.74, 6) is 0.699. The number of nitrogens with one attached hydrogen (secondary N) is 1. The van der Waals surface area contributed by atoms with Crippen LogP contribution in [0.1, 0.15) is 118 Å². The van der Waals surface area contributed by atoms with Gasteiger partial charge in [0.1, 0.15) is 0 Å². The van der Waals surface area contributed by atoms with Crippen LogP contribution in [0.3, 0.4) is 0 Å². The fourth-order valence-corrected chi connectivity index (χ4v) is 3.96. The van der Waals surface area contributed by atoms with Crippen LogP contribution >= 0.6 is 0 Å². The molecule has 0 bridgehead atoms.